The standard InChI is InChI=1S/C13H13N3O5S/c1-2-3-11-15-13(21-16-11)9-4-6-10(7-5-9)22(19,20)14-8-12(17)18/h2-7,14H,8H2,1H3,(H,17,18)/b3-2+. The Morgan fingerprint density at radius 2 is 2.05 bits per heavy atom. The van der Waals surface area contributed by atoms with Gasteiger partial charge < -0.3 is 9.63 Å². The molecule has 0 radical (unpaired) electrons. The monoisotopic (exact) mass is 323 g/mol. The third-order valence-corrected chi connectivity index (χ3v) is 4.00. The average Bonchev–Trinajstić information content (AvgIpc) is 2.94. The van der Waals surface area contributed by atoms with Crippen molar-refractivity contribution in [3.05, 3.63) is 36.2 Å². The molecule has 2 N–H and O–H groups in total. The highest BCUT2D eigenvalue weighted by molar-refractivity contribution is 7.89. The van der Waals surface area contributed by atoms with Crippen LogP contribution in [0.5, 0.6) is 0 Å². The molecular weight excluding hydrogens is 310 g/mol. The molecule has 2 aromatic rings. The molecule has 1 aromatic carbocycles. The molecule has 0 unspecified atom stereocenters. The van der Waals surface area contributed by atoms with Gasteiger partial charge in [0.25, 0.3) is 5.89 Å². The third kappa shape index (κ3) is 3.77. The van der Waals surface area contributed by atoms with Gasteiger partial charge in [-0.15, -0.1) is 0 Å². The van der Waals surface area contributed by atoms with E-state index in [1.54, 1.807) is 12.2 Å². The van der Waals surface area contributed by atoms with Crippen LogP contribution < -0.4 is 4.72 Å². The van der Waals surface area contributed by atoms with E-state index in [1.165, 1.54) is 24.3 Å². The Morgan fingerprint density at radius 3 is 2.64 bits per heavy atom. The first-order chi connectivity index (χ1) is 10.4. The van der Waals surface area contributed by atoms with Gasteiger partial charge in [0, 0.05) is 5.56 Å². The molecule has 116 valence electrons. The second kappa shape index (κ2) is 6.50. The lowest BCUT2D eigenvalue weighted by Gasteiger charge is -2.04. The van der Waals surface area contributed by atoms with Crippen LogP contribution in [0.3, 0.4) is 0 Å². The van der Waals surface area contributed by atoms with Gasteiger partial charge in [0.15, 0.2) is 5.82 Å². The number of rotatable bonds is 6. The van der Waals surface area contributed by atoms with Gasteiger partial charge in [-0.2, -0.15) is 9.71 Å². The number of carboxylic acid groups (broad SMARTS) is 1. The molecule has 0 bridgehead atoms. The summed E-state index contributed by atoms with van der Waals surface area (Å²) >= 11 is 0. The summed E-state index contributed by atoms with van der Waals surface area (Å²) in [6.45, 7) is 1.14. The Labute approximate surface area is 126 Å². The second-order valence-electron chi connectivity index (χ2n) is 4.20. The number of aromatic nitrogens is 2. The quantitative estimate of drug-likeness (QED) is 0.817. The Bertz CT molecular complexity index is 793. The van der Waals surface area contributed by atoms with Gasteiger partial charge in [0.1, 0.15) is 6.54 Å². The number of carbonyl (C=O) groups is 1. The maximum atomic E-state index is 11.8. The maximum Gasteiger partial charge on any atom is 0.318 e. The van der Waals surface area contributed by atoms with E-state index in [2.05, 4.69) is 10.1 Å². The second-order valence-corrected chi connectivity index (χ2v) is 5.97. The Kier molecular flexibility index (Phi) is 4.68. The fraction of sp³-hybridized carbons (Fsp3) is 0.154. The summed E-state index contributed by atoms with van der Waals surface area (Å²) in [6.07, 6.45) is 3.43. The number of nitrogens with one attached hydrogen (secondary N) is 1. The summed E-state index contributed by atoms with van der Waals surface area (Å²) in [5.41, 5.74) is 0.556. The number of aliphatic carboxylic acids is 1. The van der Waals surface area contributed by atoms with Gasteiger partial charge in [0.2, 0.25) is 10.0 Å². The zero-order valence-electron chi connectivity index (χ0n) is 11.6. The molecule has 8 nitrogen and oxygen atoms in total. The average molecular weight is 323 g/mol. The number of nitrogens with zero attached hydrogens (tertiary/aromatic N) is 2. The van der Waals surface area contributed by atoms with Crippen LogP contribution in [-0.2, 0) is 14.8 Å². The van der Waals surface area contributed by atoms with Crippen LogP contribution in [0.4, 0.5) is 0 Å². The molecule has 0 saturated heterocycles. The van der Waals surface area contributed by atoms with Crippen molar-refractivity contribution in [2.75, 3.05) is 6.54 Å². The van der Waals surface area contributed by atoms with Crippen LogP contribution in [0.2, 0.25) is 0 Å². The Morgan fingerprint density at radius 1 is 1.36 bits per heavy atom. The SMILES string of the molecule is C/C=C/c1noc(-c2ccc(S(=O)(=O)NCC(=O)O)cc2)n1. The normalized spacial score (nSPS) is 11.9. The van der Waals surface area contributed by atoms with Crippen molar-refractivity contribution < 1.29 is 22.8 Å². The molecule has 2 rings (SSSR count). The van der Waals surface area contributed by atoms with Crippen LogP contribution in [0.15, 0.2) is 39.8 Å². The van der Waals surface area contributed by atoms with Crippen molar-refractivity contribution in [2.24, 2.45) is 0 Å². The van der Waals surface area contributed by atoms with E-state index in [-0.39, 0.29) is 10.8 Å². The van der Waals surface area contributed by atoms with Gasteiger partial charge in [-0.05, 0) is 37.3 Å². The molecular formula is C13H13N3O5S. The molecule has 1 aromatic heterocycles. The van der Waals surface area contributed by atoms with Gasteiger partial charge in [-0.1, -0.05) is 11.2 Å². The van der Waals surface area contributed by atoms with Crippen LogP contribution >= 0.6 is 0 Å². The van der Waals surface area contributed by atoms with Gasteiger partial charge in [-0.25, -0.2) is 8.42 Å². The lowest BCUT2D eigenvalue weighted by atomic mass is 10.2. The molecule has 0 fully saturated rings. The summed E-state index contributed by atoms with van der Waals surface area (Å²) < 4.78 is 30.7. The molecule has 0 spiro atoms. The lowest BCUT2D eigenvalue weighted by molar-refractivity contribution is -0.135. The van der Waals surface area contributed by atoms with E-state index in [9.17, 15) is 13.2 Å². The summed E-state index contributed by atoms with van der Waals surface area (Å²) in [5, 5.41) is 12.2. The first-order valence-corrected chi connectivity index (χ1v) is 7.69. The van der Waals surface area contributed by atoms with E-state index >= 15 is 0 Å². The van der Waals surface area contributed by atoms with Crippen molar-refractivity contribution in [2.45, 2.75) is 11.8 Å². The van der Waals surface area contributed by atoms with Crippen molar-refractivity contribution in [1.82, 2.24) is 14.9 Å². The fourth-order valence-electron chi connectivity index (χ4n) is 1.59. The highest BCUT2D eigenvalue weighted by atomic mass is 32.2. The molecule has 0 amide bonds. The first kappa shape index (κ1) is 15.9. The predicted octanol–water partition coefficient (Wildman–Crippen LogP) is 1.13. The zero-order valence-corrected chi connectivity index (χ0v) is 12.4. The minimum absolute atomic E-state index is 0.0503. The highest BCUT2D eigenvalue weighted by Gasteiger charge is 2.16. The Hall–Kier alpha value is -2.52. The van der Waals surface area contributed by atoms with E-state index in [0.717, 1.165) is 0 Å². The van der Waals surface area contributed by atoms with Crippen LogP contribution in [0.25, 0.3) is 17.5 Å². The van der Waals surface area contributed by atoms with E-state index < -0.39 is 22.5 Å². The molecule has 0 aliphatic heterocycles. The van der Waals surface area contributed by atoms with E-state index in [1.807, 2.05) is 11.6 Å². The number of carboxylic acids is 1. The summed E-state index contributed by atoms with van der Waals surface area (Å²) in [7, 11) is -3.87. The van der Waals surface area contributed by atoms with Crippen molar-refractivity contribution in [3.63, 3.8) is 0 Å². The lowest BCUT2D eigenvalue weighted by Crippen LogP contribution is -2.29. The first-order valence-electron chi connectivity index (χ1n) is 6.20. The molecule has 9 heteroatoms. The van der Waals surface area contributed by atoms with Gasteiger partial charge in [0.05, 0.1) is 4.90 Å². The minimum Gasteiger partial charge on any atom is -0.480 e. The van der Waals surface area contributed by atoms with Gasteiger partial charge in [-0.3, -0.25) is 4.79 Å². The molecule has 22 heavy (non-hydrogen) atoms. The van der Waals surface area contributed by atoms with Crippen molar-refractivity contribution in [3.8, 4) is 11.5 Å². The molecule has 0 aliphatic carbocycles. The largest absolute Gasteiger partial charge is 0.480 e. The van der Waals surface area contributed by atoms with Crippen molar-refractivity contribution >= 4 is 22.1 Å². The summed E-state index contributed by atoms with van der Waals surface area (Å²) in [6, 6.07) is 5.67. The van der Waals surface area contributed by atoms with Crippen LogP contribution in [0.1, 0.15) is 12.7 Å². The van der Waals surface area contributed by atoms with Crippen LogP contribution in [-0.4, -0.2) is 36.2 Å². The number of sulfonamides is 1. The van der Waals surface area contributed by atoms with Crippen LogP contribution in [0, 0.1) is 0 Å². The smallest absolute Gasteiger partial charge is 0.318 e. The van der Waals surface area contributed by atoms with E-state index in [4.69, 9.17) is 9.63 Å². The third-order valence-electron chi connectivity index (χ3n) is 2.58. The van der Waals surface area contributed by atoms with E-state index in [0.29, 0.717) is 11.4 Å². The van der Waals surface area contributed by atoms with Gasteiger partial charge >= 0.3 is 5.97 Å². The molecule has 0 aliphatic rings. The highest BCUT2D eigenvalue weighted by Crippen LogP contribution is 2.20. The maximum absolute atomic E-state index is 11.8. The Balaban J connectivity index is 2.20. The molecule has 0 atom stereocenters. The molecule has 0 saturated carbocycles. The number of allylic oxidation sites excluding steroid dienone is 1. The summed E-state index contributed by atoms with van der Waals surface area (Å²) in [4.78, 5) is 14.5. The minimum atomic E-state index is -3.87. The van der Waals surface area contributed by atoms with Crippen molar-refractivity contribution in [1.29, 1.82) is 0 Å². The number of benzene rings is 1. The number of hydrogen-bond donors (Lipinski definition) is 2. The topological polar surface area (TPSA) is 122 Å². The summed E-state index contributed by atoms with van der Waals surface area (Å²) in [5.74, 6) is -0.588. The zero-order chi connectivity index (χ0) is 16.2. The predicted molar refractivity (Wildman–Crippen MR) is 77.3 cm³/mol. The number of hydrogen-bond acceptors (Lipinski definition) is 6. The molecule has 1 heterocycles. The fourth-order valence-corrected chi connectivity index (χ4v) is 2.56.